The summed E-state index contributed by atoms with van der Waals surface area (Å²) in [6.07, 6.45) is 1.63. The Morgan fingerprint density at radius 1 is 1.17 bits per heavy atom. The van der Waals surface area contributed by atoms with Crippen LogP contribution in [0.25, 0.3) is 10.2 Å². The van der Waals surface area contributed by atoms with E-state index in [1.807, 2.05) is 0 Å². The smallest absolute Gasteiger partial charge is 0.271 e. The van der Waals surface area contributed by atoms with Crippen LogP contribution in [0.5, 0.6) is 0 Å². The molecule has 29 heavy (non-hydrogen) atoms. The van der Waals surface area contributed by atoms with Crippen LogP contribution < -0.4 is 15.4 Å². The fourth-order valence-electron chi connectivity index (χ4n) is 2.98. The number of carbonyl (C=O) groups excluding carboxylic acids is 1. The normalized spacial score (nSPS) is 15.1. The Labute approximate surface area is 187 Å². The molecular weight excluding hydrogens is 475 g/mol. The molecule has 3 aromatic rings. The average Bonchev–Trinajstić information content (AvgIpc) is 3.28. The van der Waals surface area contributed by atoms with Gasteiger partial charge in [0.05, 0.1) is 20.2 Å². The first kappa shape index (κ1) is 22.3. The summed E-state index contributed by atoms with van der Waals surface area (Å²) in [6.45, 7) is 1.69. The van der Waals surface area contributed by atoms with Crippen LogP contribution >= 0.6 is 46.7 Å². The number of halogens is 2. The van der Waals surface area contributed by atoms with E-state index in [-0.39, 0.29) is 28.4 Å². The number of nitrogens with one attached hydrogen (secondary N) is 3. The van der Waals surface area contributed by atoms with Gasteiger partial charge in [-0.1, -0.05) is 22.9 Å². The summed E-state index contributed by atoms with van der Waals surface area (Å²) in [5.74, 6) is -0.0238. The Morgan fingerprint density at radius 2 is 1.93 bits per heavy atom. The zero-order valence-electron chi connectivity index (χ0n) is 15.0. The van der Waals surface area contributed by atoms with Crippen molar-refractivity contribution in [2.24, 2.45) is 5.92 Å². The van der Waals surface area contributed by atoms with Gasteiger partial charge in [0.25, 0.3) is 10.0 Å². The number of aromatic nitrogens is 1. The number of benzene rings is 1. The van der Waals surface area contributed by atoms with Crippen molar-refractivity contribution >= 4 is 83.6 Å². The number of rotatable bonds is 5. The second kappa shape index (κ2) is 9.15. The average molecular weight is 493 g/mol. The van der Waals surface area contributed by atoms with Gasteiger partial charge in [-0.25, -0.2) is 13.4 Å². The van der Waals surface area contributed by atoms with Crippen molar-refractivity contribution in [3.05, 3.63) is 34.7 Å². The van der Waals surface area contributed by atoms with Gasteiger partial charge in [-0.2, -0.15) is 0 Å². The molecule has 156 valence electrons. The van der Waals surface area contributed by atoms with Crippen molar-refractivity contribution in [1.29, 1.82) is 0 Å². The van der Waals surface area contributed by atoms with Gasteiger partial charge in [-0.3, -0.25) is 9.52 Å². The standard InChI is InChI=1S/C17H17ClN4O3S3.ClH/c18-14-3-4-15(27-14)28(24,25)22-11-1-2-12-13(9-11)26-17(20-12)21-16(23)10-5-7-19-8-6-10;/h1-4,9-10,19,22H,5-8H2,(H,20,21,23);1H. The Balaban J connectivity index is 0.00000240. The summed E-state index contributed by atoms with van der Waals surface area (Å²) >= 11 is 8.14. The third-order valence-electron chi connectivity index (χ3n) is 4.39. The van der Waals surface area contributed by atoms with E-state index >= 15 is 0 Å². The molecule has 0 bridgehead atoms. The van der Waals surface area contributed by atoms with Crippen molar-refractivity contribution in [3.63, 3.8) is 0 Å². The topological polar surface area (TPSA) is 100 Å². The van der Waals surface area contributed by atoms with Gasteiger partial charge >= 0.3 is 0 Å². The van der Waals surface area contributed by atoms with Gasteiger partial charge in [0.15, 0.2) is 5.13 Å². The SMILES string of the molecule is Cl.O=C(Nc1nc2ccc(NS(=O)(=O)c3ccc(Cl)s3)cc2s1)C1CCNCC1. The van der Waals surface area contributed by atoms with E-state index in [1.54, 1.807) is 24.3 Å². The highest BCUT2D eigenvalue weighted by molar-refractivity contribution is 7.94. The number of carbonyl (C=O) groups is 1. The van der Waals surface area contributed by atoms with Crippen LogP contribution in [0.15, 0.2) is 34.5 Å². The first-order valence-electron chi connectivity index (χ1n) is 8.61. The van der Waals surface area contributed by atoms with Crippen LogP contribution in [-0.4, -0.2) is 32.4 Å². The minimum atomic E-state index is -3.70. The van der Waals surface area contributed by atoms with Crippen molar-refractivity contribution in [1.82, 2.24) is 10.3 Å². The van der Waals surface area contributed by atoms with E-state index in [1.165, 1.54) is 17.4 Å². The van der Waals surface area contributed by atoms with Gasteiger partial charge in [0.2, 0.25) is 5.91 Å². The number of hydrogen-bond acceptors (Lipinski definition) is 7. The molecule has 0 spiro atoms. The number of fused-ring (bicyclic) bond motifs is 1. The number of nitrogens with zero attached hydrogens (tertiary/aromatic N) is 1. The highest BCUT2D eigenvalue weighted by Crippen LogP contribution is 2.31. The maximum Gasteiger partial charge on any atom is 0.271 e. The lowest BCUT2D eigenvalue weighted by Crippen LogP contribution is -2.34. The van der Waals surface area contributed by atoms with Crippen molar-refractivity contribution in [3.8, 4) is 0 Å². The summed E-state index contributed by atoms with van der Waals surface area (Å²) in [5.41, 5.74) is 1.13. The monoisotopic (exact) mass is 492 g/mol. The lowest BCUT2D eigenvalue weighted by atomic mass is 9.97. The number of amides is 1. The lowest BCUT2D eigenvalue weighted by Gasteiger charge is -2.20. The van der Waals surface area contributed by atoms with Crippen LogP contribution in [-0.2, 0) is 14.8 Å². The third kappa shape index (κ3) is 5.19. The zero-order valence-corrected chi connectivity index (χ0v) is 19.0. The van der Waals surface area contributed by atoms with E-state index in [0.717, 1.165) is 42.0 Å². The first-order valence-corrected chi connectivity index (χ1v) is 12.1. The number of thiazole rings is 1. The van der Waals surface area contributed by atoms with Gasteiger partial charge in [0, 0.05) is 5.92 Å². The van der Waals surface area contributed by atoms with Crippen LogP contribution in [0, 0.1) is 5.92 Å². The first-order chi connectivity index (χ1) is 13.4. The van der Waals surface area contributed by atoms with Gasteiger partial charge in [0.1, 0.15) is 4.21 Å². The minimum Gasteiger partial charge on any atom is -0.317 e. The number of sulfonamides is 1. The highest BCUT2D eigenvalue weighted by atomic mass is 35.5. The number of hydrogen-bond donors (Lipinski definition) is 3. The number of thiophene rings is 1. The summed E-state index contributed by atoms with van der Waals surface area (Å²) < 4.78 is 28.8. The molecule has 7 nitrogen and oxygen atoms in total. The molecule has 1 aliphatic rings. The Morgan fingerprint density at radius 3 is 2.62 bits per heavy atom. The Bertz CT molecular complexity index is 1120. The summed E-state index contributed by atoms with van der Waals surface area (Å²) in [4.78, 5) is 16.8. The van der Waals surface area contributed by atoms with Gasteiger partial charge < -0.3 is 10.6 Å². The third-order valence-corrected chi connectivity index (χ3v) is 8.43. The number of anilines is 2. The largest absolute Gasteiger partial charge is 0.317 e. The molecule has 1 fully saturated rings. The molecule has 3 N–H and O–H groups in total. The predicted molar refractivity (Wildman–Crippen MR) is 121 cm³/mol. The van der Waals surface area contributed by atoms with Crippen LogP contribution in [0.4, 0.5) is 10.8 Å². The molecule has 1 aliphatic heterocycles. The van der Waals surface area contributed by atoms with E-state index in [4.69, 9.17) is 11.6 Å². The molecule has 0 atom stereocenters. The Hall–Kier alpha value is -1.43. The lowest BCUT2D eigenvalue weighted by molar-refractivity contribution is -0.120. The molecule has 12 heteroatoms. The summed E-state index contributed by atoms with van der Waals surface area (Å²) in [7, 11) is -3.70. The molecule has 1 saturated heterocycles. The predicted octanol–water partition coefficient (Wildman–Crippen LogP) is 4.17. The second-order valence-corrected chi connectivity index (χ2v) is 11.0. The molecule has 2 aromatic heterocycles. The quantitative estimate of drug-likeness (QED) is 0.496. The van der Waals surface area contributed by atoms with Crippen LogP contribution in [0.2, 0.25) is 4.34 Å². The van der Waals surface area contributed by atoms with E-state index in [0.29, 0.717) is 20.7 Å². The maximum absolute atomic E-state index is 12.4. The Kier molecular flexibility index (Phi) is 7.02. The molecule has 0 unspecified atom stereocenters. The fraction of sp³-hybridized carbons (Fsp3) is 0.294. The van der Waals surface area contributed by atoms with Crippen molar-refractivity contribution in [2.45, 2.75) is 17.1 Å². The zero-order chi connectivity index (χ0) is 19.7. The summed E-state index contributed by atoms with van der Waals surface area (Å²) in [6, 6.07) is 8.10. The second-order valence-electron chi connectivity index (χ2n) is 6.38. The highest BCUT2D eigenvalue weighted by Gasteiger charge is 2.22. The van der Waals surface area contributed by atoms with Gasteiger partial charge in [-0.05, 0) is 56.3 Å². The van der Waals surface area contributed by atoms with Crippen LogP contribution in [0.3, 0.4) is 0 Å². The minimum absolute atomic E-state index is 0. The molecule has 0 aliphatic carbocycles. The van der Waals surface area contributed by atoms with E-state index in [9.17, 15) is 13.2 Å². The van der Waals surface area contributed by atoms with Crippen molar-refractivity contribution < 1.29 is 13.2 Å². The molecule has 1 aromatic carbocycles. The van der Waals surface area contributed by atoms with Crippen molar-refractivity contribution in [2.75, 3.05) is 23.1 Å². The summed E-state index contributed by atoms with van der Waals surface area (Å²) in [5, 5.41) is 6.64. The maximum atomic E-state index is 12.4. The molecule has 4 rings (SSSR count). The van der Waals surface area contributed by atoms with E-state index in [2.05, 4.69) is 20.3 Å². The molecule has 1 amide bonds. The molecule has 0 saturated carbocycles. The number of piperidine rings is 1. The van der Waals surface area contributed by atoms with E-state index < -0.39 is 10.0 Å². The molecule has 3 heterocycles. The van der Waals surface area contributed by atoms with Gasteiger partial charge in [-0.15, -0.1) is 23.7 Å². The van der Waals surface area contributed by atoms with Crippen LogP contribution in [0.1, 0.15) is 12.8 Å². The molecule has 0 radical (unpaired) electrons. The fourth-order valence-corrected chi connectivity index (χ4v) is 6.42. The molecular formula is C17H18Cl2N4O3S3.